The van der Waals surface area contributed by atoms with E-state index < -0.39 is 0 Å². The topological polar surface area (TPSA) is 59.1 Å². The maximum absolute atomic E-state index is 9.66. The van der Waals surface area contributed by atoms with Crippen LogP contribution in [-0.2, 0) is 6.42 Å². The number of hydrogen-bond acceptors (Lipinski definition) is 4. The van der Waals surface area contributed by atoms with Crippen LogP contribution < -0.4 is 5.73 Å². The number of aliphatic hydroxyl groups is 1. The van der Waals surface area contributed by atoms with Crippen molar-refractivity contribution in [2.24, 2.45) is 17.1 Å². The molecule has 0 bridgehead atoms. The predicted molar refractivity (Wildman–Crippen MR) is 73.3 cm³/mol. The van der Waals surface area contributed by atoms with Gasteiger partial charge in [-0.2, -0.15) is 0 Å². The zero-order valence-electron chi connectivity index (χ0n) is 11.3. The Morgan fingerprint density at radius 3 is 2.41 bits per heavy atom. The van der Waals surface area contributed by atoms with E-state index in [0.717, 1.165) is 23.5 Å². The Labute approximate surface area is 108 Å². The van der Waals surface area contributed by atoms with Gasteiger partial charge >= 0.3 is 0 Å². The van der Waals surface area contributed by atoms with Gasteiger partial charge in [0, 0.05) is 23.3 Å². The van der Waals surface area contributed by atoms with Gasteiger partial charge in [0.15, 0.2) is 0 Å². The van der Waals surface area contributed by atoms with Gasteiger partial charge in [-0.15, -0.1) is 11.3 Å². The van der Waals surface area contributed by atoms with Crippen LogP contribution in [0.5, 0.6) is 0 Å². The molecule has 0 saturated heterocycles. The monoisotopic (exact) mass is 256 g/mol. The third kappa shape index (κ3) is 3.76. The van der Waals surface area contributed by atoms with E-state index in [4.69, 9.17) is 5.73 Å². The molecule has 3 nitrogen and oxygen atoms in total. The van der Waals surface area contributed by atoms with Crippen molar-refractivity contribution in [3.63, 3.8) is 0 Å². The van der Waals surface area contributed by atoms with Gasteiger partial charge in [0.25, 0.3) is 0 Å². The van der Waals surface area contributed by atoms with E-state index in [1.807, 2.05) is 6.92 Å². The highest BCUT2D eigenvalue weighted by Crippen LogP contribution is 2.31. The summed E-state index contributed by atoms with van der Waals surface area (Å²) < 4.78 is 0. The summed E-state index contributed by atoms with van der Waals surface area (Å²) in [5, 5.41) is 10.8. The third-order valence-corrected chi connectivity index (χ3v) is 4.28. The second-order valence-electron chi connectivity index (χ2n) is 5.39. The van der Waals surface area contributed by atoms with Crippen LogP contribution in [0.15, 0.2) is 0 Å². The summed E-state index contributed by atoms with van der Waals surface area (Å²) in [5.74, 6) is 0.535. The van der Waals surface area contributed by atoms with E-state index in [1.54, 1.807) is 11.3 Å². The summed E-state index contributed by atoms with van der Waals surface area (Å²) in [5.41, 5.74) is 6.77. The van der Waals surface area contributed by atoms with Gasteiger partial charge in [-0.3, -0.25) is 0 Å². The lowest BCUT2D eigenvalue weighted by Crippen LogP contribution is -2.37. The minimum Gasteiger partial charge on any atom is -0.396 e. The molecule has 1 aromatic rings. The highest BCUT2D eigenvalue weighted by Gasteiger charge is 2.30. The lowest BCUT2D eigenvalue weighted by atomic mass is 9.78. The summed E-state index contributed by atoms with van der Waals surface area (Å²) in [6, 6.07) is 0. The molecule has 1 heterocycles. The number of thiazole rings is 1. The van der Waals surface area contributed by atoms with Crippen molar-refractivity contribution in [2.45, 2.75) is 40.5 Å². The molecule has 17 heavy (non-hydrogen) atoms. The van der Waals surface area contributed by atoms with Crippen LogP contribution in [0.4, 0.5) is 0 Å². The Morgan fingerprint density at radius 2 is 2.06 bits per heavy atom. The minimum atomic E-state index is -0.203. The molecule has 1 aromatic heterocycles. The maximum atomic E-state index is 9.66. The first-order valence-electron chi connectivity index (χ1n) is 6.16. The molecule has 3 N–H and O–H groups in total. The normalized spacial score (nSPS) is 15.2. The molecular weight excluding hydrogens is 232 g/mol. The highest BCUT2D eigenvalue weighted by atomic mass is 32.1. The molecular formula is C13H24N2OS. The number of hydrogen-bond donors (Lipinski definition) is 2. The second-order valence-corrected chi connectivity index (χ2v) is 6.67. The lowest BCUT2D eigenvalue weighted by molar-refractivity contribution is 0.108. The third-order valence-electron chi connectivity index (χ3n) is 3.21. The largest absolute Gasteiger partial charge is 0.396 e. The number of nitrogens with two attached hydrogens (primary N) is 1. The van der Waals surface area contributed by atoms with Crippen molar-refractivity contribution in [1.82, 2.24) is 4.98 Å². The molecule has 0 radical (unpaired) electrons. The van der Waals surface area contributed by atoms with E-state index >= 15 is 0 Å². The number of aryl methyl sites for hydroxylation is 2. The van der Waals surface area contributed by atoms with Gasteiger partial charge in [0.2, 0.25) is 0 Å². The minimum absolute atomic E-state index is 0.138. The van der Waals surface area contributed by atoms with E-state index in [9.17, 15) is 5.11 Å². The standard InChI is InChI=1S/C13H24N2OS/c1-9(2)5-13(7-14,8-16)6-12-15-10(3)11(4)17-12/h9,16H,5-8,14H2,1-4H3. The Hall–Kier alpha value is -0.450. The number of aliphatic hydroxyl groups excluding tert-OH is 1. The molecule has 0 aliphatic heterocycles. The molecule has 1 rings (SSSR count). The number of nitrogens with zero attached hydrogens (tertiary/aromatic N) is 1. The van der Waals surface area contributed by atoms with Crippen molar-refractivity contribution in [2.75, 3.05) is 13.2 Å². The summed E-state index contributed by atoms with van der Waals surface area (Å²) in [7, 11) is 0. The van der Waals surface area contributed by atoms with Crippen molar-refractivity contribution < 1.29 is 5.11 Å². The molecule has 4 heteroatoms. The molecule has 1 atom stereocenters. The quantitative estimate of drug-likeness (QED) is 0.821. The SMILES string of the molecule is Cc1nc(CC(CN)(CO)CC(C)C)sc1C. The predicted octanol–water partition coefficient (Wildman–Crippen LogP) is 2.29. The second kappa shape index (κ2) is 5.94. The first-order chi connectivity index (χ1) is 7.92. The summed E-state index contributed by atoms with van der Waals surface area (Å²) >= 11 is 1.72. The Bertz CT molecular complexity index is 337. The smallest absolute Gasteiger partial charge is 0.0937 e. The molecule has 0 aliphatic rings. The zero-order chi connectivity index (χ0) is 13.1. The molecule has 0 saturated carbocycles. The van der Waals surface area contributed by atoms with E-state index in [1.165, 1.54) is 4.88 Å². The van der Waals surface area contributed by atoms with Crippen molar-refractivity contribution in [3.05, 3.63) is 15.6 Å². The van der Waals surface area contributed by atoms with Crippen molar-refractivity contribution >= 4 is 11.3 Å². The number of rotatable bonds is 6. The summed E-state index contributed by atoms with van der Waals surface area (Å²) in [6.07, 6.45) is 1.73. The molecule has 1 unspecified atom stereocenters. The van der Waals surface area contributed by atoms with Crippen LogP contribution in [0.1, 0.15) is 35.8 Å². The van der Waals surface area contributed by atoms with Gasteiger partial charge in [-0.1, -0.05) is 13.8 Å². The Kier molecular flexibility index (Phi) is 5.10. The van der Waals surface area contributed by atoms with E-state index in [0.29, 0.717) is 12.5 Å². The first kappa shape index (κ1) is 14.6. The molecule has 0 aliphatic carbocycles. The van der Waals surface area contributed by atoms with Crippen LogP contribution in [0.2, 0.25) is 0 Å². The average molecular weight is 256 g/mol. The lowest BCUT2D eigenvalue weighted by Gasteiger charge is -2.31. The summed E-state index contributed by atoms with van der Waals surface area (Å²) in [6.45, 7) is 9.10. The van der Waals surface area contributed by atoms with Crippen molar-refractivity contribution in [1.29, 1.82) is 0 Å². The first-order valence-corrected chi connectivity index (χ1v) is 6.98. The van der Waals surface area contributed by atoms with Crippen LogP contribution in [-0.4, -0.2) is 23.2 Å². The average Bonchev–Trinajstić information content (AvgIpc) is 2.56. The molecule has 0 amide bonds. The van der Waals surface area contributed by atoms with E-state index in [2.05, 4.69) is 25.8 Å². The molecule has 98 valence electrons. The van der Waals surface area contributed by atoms with Gasteiger partial charge in [-0.05, 0) is 26.2 Å². The number of aromatic nitrogens is 1. The molecule has 0 fully saturated rings. The van der Waals surface area contributed by atoms with Crippen LogP contribution >= 0.6 is 11.3 Å². The van der Waals surface area contributed by atoms with Gasteiger partial charge in [0.1, 0.15) is 0 Å². The molecule has 0 spiro atoms. The summed E-state index contributed by atoms with van der Waals surface area (Å²) in [4.78, 5) is 5.81. The Balaban J connectivity index is 2.85. The van der Waals surface area contributed by atoms with Crippen LogP contribution in [0.3, 0.4) is 0 Å². The van der Waals surface area contributed by atoms with Gasteiger partial charge < -0.3 is 10.8 Å². The fourth-order valence-electron chi connectivity index (χ4n) is 2.21. The van der Waals surface area contributed by atoms with Gasteiger partial charge in [0.05, 0.1) is 17.3 Å². The van der Waals surface area contributed by atoms with E-state index in [-0.39, 0.29) is 12.0 Å². The van der Waals surface area contributed by atoms with Crippen LogP contribution in [0, 0.1) is 25.2 Å². The molecule has 0 aromatic carbocycles. The van der Waals surface area contributed by atoms with Crippen molar-refractivity contribution in [3.8, 4) is 0 Å². The fraction of sp³-hybridized carbons (Fsp3) is 0.769. The highest BCUT2D eigenvalue weighted by molar-refractivity contribution is 7.11. The van der Waals surface area contributed by atoms with Gasteiger partial charge in [-0.25, -0.2) is 4.98 Å². The zero-order valence-corrected chi connectivity index (χ0v) is 12.1. The Morgan fingerprint density at radius 1 is 1.41 bits per heavy atom. The maximum Gasteiger partial charge on any atom is 0.0937 e. The van der Waals surface area contributed by atoms with Crippen LogP contribution in [0.25, 0.3) is 0 Å². The fourth-order valence-corrected chi connectivity index (χ4v) is 3.32.